The standard InChI is InChI=1S/C20H30N2O2/c1-5-14(2)11-19(24)21-18(13-23)10-9-16-7-6-8-17-12-15(3)22(4)20(16)17/h6-8,13-15,18H,5,9-12H2,1-4H3,(H,21,24)/t14?,15-,18?/m1/s1. The summed E-state index contributed by atoms with van der Waals surface area (Å²) in [7, 11) is 2.13. The van der Waals surface area contributed by atoms with Gasteiger partial charge in [-0.15, -0.1) is 0 Å². The molecular formula is C20H30N2O2. The lowest BCUT2D eigenvalue weighted by molar-refractivity contribution is -0.124. The van der Waals surface area contributed by atoms with Crippen LogP contribution in [0.2, 0.25) is 0 Å². The molecule has 3 atom stereocenters. The van der Waals surface area contributed by atoms with Crippen molar-refractivity contribution in [2.45, 2.75) is 65.0 Å². The number of nitrogens with zero attached hydrogens (tertiary/aromatic N) is 1. The zero-order valence-electron chi connectivity index (χ0n) is 15.3. The molecular weight excluding hydrogens is 300 g/mol. The highest BCUT2D eigenvalue weighted by molar-refractivity contribution is 5.79. The number of aldehydes is 1. The number of para-hydroxylation sites is 1. The second-order valence-electron chi connectivity index (χ2n) is 7.16. The molecule has 132 valence electrons. The van der Waals surface area contributed by atoms with Crippen LogP contribution in [0.3, 0.4) is 0 Å². The lowest BCUT2D eigenvalue weighted by Gasteiger charge is -2.22. The van der Waals surface area contributed by atoms with Crippen molar-refractivity contribution < 1.29 is 9.59 Å². The molecule has 1 N–H and O–H groups in total. The maximum atomic E-state index is 12.0. The highest BCUT2D eigenvalue weighted by atomic mass is 16.2. The highest BCUT2D eigenvalue weighted by Gasteiger charge is 2.25. The molecule has 1 aliphatic heterocycles. The van der Waals surface area contributed by atoms with E-state index >= 15 is 0 Å². The Morgan fingerprint density at radius 1 is 1.46 bits per heavy atom. The second-order valence-corrected chi connectivity index (χ2v) is 7.16. The number of carbonyl (C=O) groups excluding carboxylic acids is 2. The third kappa shape index (κ3) is 4.37. The van der Waals surface area contributed by atoms with Gasteiger partial charge in [0.15, 0.2) is 0 Å². The van der Waals surface area contributed by atoms with Gasteiger partial charge in [0.1, 0.15) is 6.29 Å². The molecule has 0 radical (unpaired) electrons. The summed E-state index contributed by atoms with van der Waals surface area (Å²) in [6, 6.07) is 6.53. The Labute approximate surface area is 145 Å². The van der Waals surface area contributed by atoms with Gasteiger partial charge in [0.05, 0.1) is 6.04 Å². The van der Waals surface area contributed by atoms with E-state index in [9.17, 15) is 9.59 Å². The van der Waals surface area contributed by atoms with Gasteiger partial charge in [-0.3, -0.25) is 4.79 Å². The molecule has 4 heteroatoms. The molecule has 0 saturated carbocycles. The van der Waals surface area contributed by atoms with Crippen LogP contribution in [-0.4, -0.2) is 31.3 Å². The number of likely N-dealkylation sites (N-methyl/N-ethyl adjacent to an activating group) is 1. The zero-order chi connectivity index (χ0) is 17.7. The van der Waals surface area contributed by atoms with Crippen molar-refractivity contribution in [1.29, 1.82) is 0 Å². The number of anilines is 1. The summed E-state index contributed by atoms with van der Waals surface area (Å²) < 4.78 is 0. The molecule has 1 amide bonds. The molecule has 2 unspecified atom stereocenters. The maximum Gasteiger partial charge on any atom is 0.220 e. The number of rotatable bonds is 8. The van der Waals surface area contributed by atoms with E-state index < -0.39 is 6.04 Å². The molecule has 0 spiro atoms. The van der Waals surface area contributed by atoms with Crippen molar-refractivity contribution in [3.63, 3.8) is 0 Å². The topological polar surface area (TPSA) is 49.4 Å². The van der Waals surface area contributed by atoms with Gasteiger partial charge < -0.3 is 15.0 Å². The van der Waals surface area contributed by atoms with Crippen LogP contribution in [0.25, 0.3) is 0 Å². The van der Waals surface area contributed by atoms with Crippen molar-refractivity contribution in [3.8, 4) is 0 Å². The van der Waals surface area contributed by atoms with Crippen molar-refractivity contribution in [2.24, 2.45) is 5.92 Å². The van der Waals surface area contributed by atoms with Gasteiger partial charge in [-0.05, 0) is 43.2 Å². The molecule has 0 bridgehead atoms. The van der Waals surface area contributed by atoms with Gasteiger partial charge in [0, 0.05) is 25.2 Å². The van der Waals surface area contributed by atoms with Crippen molar-refractivity contribution >= 4 is 17.9 Å². The van der Waals surface area contributed by atoms with E-state index in [0.717, 1.165) is 25.5 Å². The molecule has 24 heavy (non-hydrogen) atoms. The van der Waals surface area contributed by atoms with Crippen molar-refractivity contribution in [2.75, 3.05) is 11.9 Å². The number of aryl methyl sites for hydroxylation is 1. The Morgan fingerprint density at radius 2 is 2.21 bits per heavy atom. The number of carbonyl (C=O) groups is 2. The van der Waals surface area contributed by atoms with Gasteiger partial charge >= 0.3 is 0 Å². The van der Waals surface area contributed by atoms with Gasteiger partial charge in [0.2, 0.25) is 5.91 Å². The monoisotopic (exact) mass is 330 g/mol. The molecule has 0 aromatic heterocycles. The Morgan fingerprint density at radius 3 is 2.88 bits per heavy atom. The minimum Gasteiger partial charge on any atom is -0.371 e. The average molecular weight is 330 g/mol. The van der Waals surface area contributed by atoms with E-state index in [-0.39, 0.29) is 5.91 Å². The van der Waals surface area contributed by atoms with Gasteiger partial charge in [0.25, 0.3) is 0 Å². The first-order valence-electron chi connectivity index (χ1n) is 9.04. The number of benzene rings is 1. The first kappa shape index (κ1) is 18.5. The number of hydrogen-bond donors (Lipinski definition) is 1. The molecule has 1 aromatic rings. The summed E-state index contributed by atoms with van der Waals surface area (Å²) in [5.74, 6) is 0.329. The molecule has 1 heterocycles. The van der Waals surface area contributed by atoms with Crippen LogP contribution in [0.4, 0.5) is 5.69 Å². The summed E-state index contributed by atoms with van der Waals surface area (Å²) in [6.45, 7) is 6.36. The molecule has 4 nitrogen and oxygen atoms in total. The first-order chi connectivity index (χ1) is 11.5. The summed E-state index contributed by atoms with van der Waals surface area (Å²) in [4.78, 5) is 25.7. The Hall–Kier alpha value is -1.84. The fourth-order valence-corrected chi connectivity index (χ4v) is 3.35. The van der Waals surface area contributed by atoms with E-state index in [1.807, 2.05) is 0 Å². The van der Waals surface area contributed by atoms with Crippen LogP contribution < -0.4 is 10.2 Å². The summed E-state index contributed by atoms with van der Waals surface area (Å²) in [5.41, 5.74) is 3.95. The predicted octanol–water partition coefficient (Wildman–Crippen LogP) is 3.12. The van der Waals surface area contributed by atoms with Gasteiger partial charge in [-0.1, -0.05) is 38.5 Å². The van der Waals surface area contributed by atoms with Crippen LogP contribution in [0.15, 0.2) is 18.2 Å². The number of amides is 1. The lowest BCUT2D eigenvalue weighted by atomic mass is 10.00. The first-order valence-corrected chi connectivity index (χ1v) is 9.04. The maximum absolute atomic E-state index is 12.0. The SMILES string of the molecule is CCC(C)CC(=O)NC(C=O)CCc1cccc2c1N(C)[C@H](C)C2. The van der Waals surface area contributed by atoms with E-state index in [1.165, 1.54) is 16.8 Å². The van der Waals surface area contributed by atoms with Crippen LogP contribution in [0, 0.1) is 5.92 Å². The van der Waals surface area contributed by atoms with E-state index in [4.69, 9.17) is 0 Å². The Balaban J connectivity index is 1.96. The van der Waals surface area contributed by atoms with Crippen LogP contribution in [-0.2, 0) is 22.4 Å². The summed E-state index contributed by atoms with van der Waals surface area (Å²) >= 11 is 0. The Kier molecular flexibility index (Phi) is 6.41. The third-order valence-corrected chi connectivity index (χ3v) is 5.20. The van der Waals surface area contributed by atoms with Crippen LogP contribution in [0.1, 0.15) is 51.2 Å². The molecule has 1 aromatic carbocycles. The predicted molar refractivity (Wildman–Crippen MR) is 98.4 cm³/mol. The summed E-state index contributed by atoms with van der Waals surface area (Å²) in [5, 5.41) is 2.87. The van der Waals surface area contributed by atoms with Crippen molar-refractivity contribution in [3.05, 3.63) is 29.3 Å². The second kappa shape index (κ2) is 8.32. The average Bonchev–Trinajstić information content (AvgIpc) is 2.86. The van der Waals surface area contributed by atoms with Crippen LogP contribution >= 0.6 is 0 Å². The zero-order valence-corrected chi connectivity index (χ0v) is 15.3. The van der Waals surface area contributed by atoms with E-state index in [2.05, 4.69) is 56.2 Å². The Bertz CT molecular complexity index is 585. The fraction of sp³-hybridized carbons (Fsp3) is 0.600. The van der Waals surface area contributed by atoms with Crippen LogP contribution in [0.5, 0.6) is 0 Å². The molecule has 0 saturated heterocycles. The highest BCUT2D eigenvalue weighted by Crippen LogP contribution is 2.34. The molecule has 0 aliphatic carbocycles. The number of fused-ring (bicyclic) bond motifs is 1. The van der Waals surface area contributed by atoms with Gasteiger partial charge in [-0.2, -0.15) is 0 Å². The molecule has 0 fully saturated rings. The number of hydrogen-bond acceptors (Lipinski definition) is 3. The number of nitrogens with one attached hydrogen (secondary N) is 1. The van der Waals surface area contributed by atoms with Crippen molar-refractivity contribution in [1.82, 2.24) is 5.32 Å². The largest absolute Gasteiger partial charge is 0.371 e. The fourth-order valence-electron chi connectivity index (χ4n) is 3.35. The lowest BCUT2D eigenvalue weighted by Crippen LogP contribution is -2.37. The smallest absolute Gasteiger partial charge is 0.220 e. The summed E-state index contributed by atoms with van der Waals surface area (Å²) in [6.07, 6.45) is 4.84. The normalized spacial score (nSPS) is 18.8. The molecule has 2 rings (SSSR count). The van der Waals surface area contributed by atoms with E-state index in [1.54, 1.807) is 0 Å². The molecule has 1 aliphatic rings. The van der Waals surface area contributed by atoms with E-state index in [0.29, 0.717) is 24.8 Å². The quantitative estimate of drug-likeness (QED) is 0.745. The minimum atomic E-state index is -0.401. The third-order valence-electron chi connectivity index (χ3n) is 5.20. The van der Waals surface area contributed by atoms with Gasteiger partial charge in [-0.25, -0.2) is 0 Å². The minimum absolute atomic E-state index is 0.0227.